The summed E-state index contributed by atoms with van der Waals surface area (Å²) >= 11 is 1.46. The molecular weight excluding hydrogens is 394 g/mol. The topological polar surface area (TPSA) is 67.5 Å². The normalized spacial score (nSPS) is 19.8. The van der Waals surface area contributed by atoms with Gasteiger partial charge >= 0.3 is 6.18 Å². The summed E-state index contributed by atoms with van der Waals surface area (Å²) in [5, 5.41) is 2.92. The second kappa shape index (κ2) is 7.46. The van der Waals surface area contributed by atoms with E-state index >= 15 is 0 Å². The van der Waals surface area contributed by atoms with E-state index in [2.05, 4.69) is 10.3 Å². The first-order valence-corrected chi connectivity index (χ1v) is 9.34. The van der Waals surface area contributed by atoms with E-state index < -0.39 is 34.6 Å². The van der Waals surface area contributed by atoms with Crippen LogP contribution >= 0.6 is 11.8 Å². The number of amidine groups is 1. The first-order valence-electron chi connectivity index (χ1n) is 8.35. The number of hydrogen-bond acceptors (Lipinski definition) is 4. The highest BCUT2D eigenvalue weighted by molar-refractivity contribution is 8.13. The summed E-state index contributed by atoms with van der Waals surface area (Å²) in [4.78, 5) is 16.8. The molecule has 9 heteroatoms. The first kappa shape index (κ1) is 20.2. The van der Waals surface area contributed by atoms with Gasteiger partial charge in [-0.2, -0.15) is 13.2 Å². The molecule has 0 bridgehead atoms. The fraction of sp³-hybridized carbons (Fsp3) is 0.263. The van der Waals surface area contributed by atoms with Crippen LogP contribution in [0, 0.1) is 5.82 Å². The summed E-state index contributed by atoms with van der Waals surface area (Å²) < 4.78 is 52.5. The number of carbonyl (C=O) groups excluding carboxylic acids is 1. The van der Waals surface area contributed by atoms with E-state index in [1.54, 1.807) is 18.2 Å². The largest absolute Gasteiger partial charge is 0.416 e. The lowest BCUT2D eigenvalue weighted by atomic mass is 9.89. The number of anilines is 1. The van der Waals surface area contributed by atoms with Crippen LogP contribution in [-0.2, 0) is 11.7 Å². The summed E-state index contributed by atoms with van der Waals surface area (Å²) in [6, 6.07) is 8.47. The van der Waals surface area contributed by atoms with E-state index in [-0.39, 0.29) is 0 Å². The lowest BCUT2D eigenvalue weighted by molar-refractivity contribution is -0.137. The smallest absolute Gasteiger partial charge is 0.379 e. The van der Waals surface area contributed by atoms with Gasteiger partial charge < -0.3 is 11.1 Å². The lowest BCUT2D eigenvalue weighted by Gasteiger charge is -2.30. The molecule has 0 aliphatic carbocycles. The molecule has 1 atom stereocenters. The molecule has 1 amide bonds. The molecule has 1 heterocycles. The van der Waals surface area contributed by atoms with Gasteiger partial charge in [0, 0.05) is 11.4 Å². The number of benzene rings is 2. The van der Waals surface area contributed by atoms with Crippen molar-refractivity contribution in [3.8, 4) is 0 Å². The monoisotopic (exact) mass is 411 g/mol. The Labute approximate surface area is 163 Å². The molecule has 28 heavy (non-hydrogen) atoms. The standard InChI is InChI=1S/C19H17F4N3OS/c1-18(7-8-28-17(24)26-18)11-3-2-4-13(9-11)25-16(27)14-10-12(19(21,22)23)5-6-15(14)20/h2-6,9-10H,7-8H2,1H3,(H2,24,26)(H,25,27). The molecule has 0 saturated carbocycles. The number of nitrogens with one attached hydrogen (secondary N) is 1. The summed E-state index contributed by atoms with van der Waals surface area (Å²) in [5.74, 6) is -1.21. The van der Waals surface area contributed by atoms with Crippen molar-refractivity contribution in [2.24, 2.45) is 10.7 Å². The second-order valence-corrected chi connectivity index (χ2v) is 7.66. The van der Waals surface area contributed by atoms with Crippen molar-refractivity contribution in [2.75, 3.05) is 11.1 Å². The minimum atomic E-state index is -4.67. The van der Waals surface area contributed by atoms with Gasteiger partial charge in [-0.25, -0.2) is 4.39 Å². The third kappa shape index (κ3) is 4.30. The Kier molecular flexibility index (Phi) is 5.38. The number of halogens is 4. The fourth-order valence-corrected chi connectivity index (χ4v) is 3.88. The maximum Gasteiger partial charge on any atom is 0.416 e. The van der Waals surface area contributed by atoms with Crippen molar-refractivity contribution >= 4 is 28.5 Å². The number of hydrogen-bond donors (Lipinski definition) is 2. The van der Waals surface area contributed by atoms with Crippen LogP contribution in [0.1, 0.15) is 34.8 Å². The Morgan fingerprint density at radius 3 is 2.68 bits per heavy atom. The summed E-state index contributed by atoms with van der Waals surface area (Å²) in [6.07, 6.45) is -3.94. The number of rotatable bonds is 3. The Morgan fingerprint density at radius 2 is 2.00 bits per heavy atom. The molecule has 1 aliphatic rings. The van der Waals surface area contributed by atoms with Crippen LogP contribution in [0.5, 0.6) is 0 Å². The summed E-state index contributed by atoms with van der Waals surface area (Å²) in [6.45, 7) is 1.91. The van der Waals surface area contributed by atoms with E-state index in [9.17, 15) is 22.4 Å². The van der Waals surface area contributed by atoms with E-state index in [0.717, 1.165) is 17.7 Å². The lowest BCUT2D eigenvalue weighted by Crippen LogP contribution is -2.28. The van der Waals surface area contributed by atoms with E-state index in [1.807, 2.05) is 13.0 Å². The van der Waals surface area contributed by atoms with Gasteiger partial charge in [0.25, 0.3) is 5.91 Å². The predicted octanol–water partition coefficient (Wildman–Crippen LogP) is 4.76. The molecule has 2 aromatic rings. The quantitative estimate of drug-likeness (QED) is 0.716. The number of thioether (sulfide) groups is 1. The number of nitrogens with two attached hydrogens (primary N) is 1. The molecule has 3 N–H and O–H groups in total. The Balaban J connectivity index is 1.87. The number of amides is 1. The zero-order chi connectivity index (χ0) is 20.5. The van der Waals surface area contributed by atoms with Gasteiger partial charge in [0.05, 0.1) is 16.7 Å². The van der Waals surface area contributed by atoms with Crippen molar-refractivity contribution in [3.63, 3.8) is 0 Å². The van der Waals surface area contributed by atoms with Gasteiger partial charge in [-0.05, 0) is 49.2 Å². The second-order valence-electron chi connectivity index (χ2n) is 6.55. The highest BCUT2D eigenvalue weighted by Gasteiger charge is 2.32. The third-order valence-electron chi connectivity index (χ3n) is 4.48. The number of carbonyl (C=O) groups is 1. The molecule has 4 nitrogen and oxygen atoms in total. The molecule has 148 valence electrons. The van der Waals surface area contributed by atoms with Crippen LogP contribution in [0.4, 0.5) is 23.2 Å². The number of alkyl halides is 3. The van der Waals surface area contributed by atoms with Crippen molar-refractivity contribution in [1.29, 1.82) is 0 Å². The molecule has 0 fully saturated rings. The van der Waals surface area contributed by atoms with Crippen LogP contribution < -0.4 is 11.1 Å². The van der Waals surface area contributed by atoms with Crippen LogP contribution in [0.25, 0.3) is 0 Å². The molecule has 2 aromatic carbocycles. The SMILES string of the molecule is CC1(c2cccc(NC(=O)c3cc(C(F)(F)F)ccc3F)c2)CCSC(N)=N1. The highest BCUT2D eigenvalue weighted by Crippen LogP contribution is 2.36. The third-order valence-corrected chi connectivity index (χ3v) is 5.27. The van der Waals surface area contributed by atoms with Crippen LogP contribution in [0.3, 0.4) is 0 Å². The van der Waals surface area contributed by atoms with E-state index in [4.69, 9.17) is 5.73 Å². The Bertz CT molecular complexity index is 945. The fourth-order valence-electron chi connectivity index (χ4n) is 2.90. The highest BCUT2D eigenvalue weighted by atomic mass is 32.2. The molecule has 3 rings (SSSR count). The maximum absolute atomic E-state index is 13.9. The molecule has 0 saturated heterocycles. The average molecular weight is 411 g/mol. The van der Waals surface area contributed by atoms with Crippen molar-refractivity contribution in [2.45, 2.75) is 25.1 Å². The van der Waals surface area contributed by atoms with Crippen molar-refractivity contribution < 1.29 is 22.4 Å². The minimum Gasteiger partial charge on any atom is -0.379 e. The maximum atomic E-state index is 13.9. The molecular formula is C19H17F4N3OS. The van der Waals surface area contributed by atoms with Gasteiger partial charge in [0.2, 0.25) is 0 Å². The van der Waals surface area contributed by atoms with Crippen LogP contribution in [-0.4, -0.2) is 16.8 Å². The van der Waals surface area contributed by atoms with E-state index in [1.165, 1.54) is 11.8 Å². The van der Waals surface area contributed by atoms with Crippen molar-refractivity contribution in [3.05, 3.63) is 65.0 Å². The van der Waals surface area contributed by atoms with Crippen LogP contribution in [0.15, 0.2) is 47.5 Å². The molecule has 1 unspecified atom stereocenters. The number of nitrogens with zero attached hydrogens (tertiary/aromatic N) is 1. The zero-order valence-electron chi connectivity index (χ0n) is 14.8. The van der Waals surface area contributed by atoms with Gasteiger partial charge in [-0.15, -0.1) is 0 Å². The minimum absolute atomic E-state index is 0.326. The molecule has 0 aromatic heterocycles. The Morgan fingerprint density at radius 1 is 1.25 bits per heavy atom. The summed E-state index contributed by atoms with van der Waals surface area (Å²) in [5.41, 5.74) is 4.59. The average Bonchev–Trinajstić information content (AvgIpc) is 2.61. The molecule has 0 radical (unpaired) electrons. The molecule has 1 aliphatic heterocycles. The van der Waals surface area contributed by atoms with Crippen molar-refractivity contribution in [1.82, 2.24) is 0 Å². The predicted molar refractivity (Wildman–Crippen MR) is 102 cm³/mol. The summed E-state index contributed by atoms with van der Waals surface area (Å²) in [7, 11) is 0. The van der Waals surface area contributed by atoms with Gasteiger partial charge in [0.1, 0.15) is 5.82 Å². The molecule has 0 spiro atoms. The number of aliphatic imine (C=N–C) groups is 1. The van der Waals surface area contributed by atoms with Gasteiger partial charge in [-0.3, -0.25) is 9.79 Å². The van der Waals surface area contributed by atoms with Crippen LogP contribution in [0.2, 0.25) is 0 Å². The Hall–Kier alpha value is -2.55. The van der Waals surface area contributed by atoms with E-state index in [0.29, 0.717) is 29.1 Å². The zero-order valence-corrected chi connectivity index (χ0v) is 15.6. The van der Waals surface area contributed by atoms with Gasteiger partial charge in [0.15, 0.2) is 5.17 Å². The van der Waals surface area contributed by atoms with Gasteiger partial charge in [-0.1, -0.05) is 23.9 Å². The first-order chi connectivity index (χ1) is 13.1.